The van der Waals surface area contributed by atoms with Crippen molar-refractivity contribution in [2.24, 2.45) is 4.99 Å². The molecule has 1 unspecified atom stereocenters. The lowest BCUT2D eigenvalue weighted by Gasteiger charge is -2.46. The van der Waals surface area contributed by atoms with Crippen LogP contribution in [0.4, 0.5) is 17.6 Å². The van der Waals surface area contributed by atoms with E-state index in [1.807, 2.05) is 6.92 Å². The molecule has 1 heterocycles. The van der Waals surface area contributed by atoms with Crippen LogP contribution in [-0.2, 0) is 20.4 Å². The zero-order chi connectivity index (χ0) is 25.9. The summed E-state index contributed by atoms with van der Waals surface area (Å²) in [6.45, 7) is 3.47. The molecule has 1 N–H and O–H groups in total. The van der Waals surface area contributed by atoms with E-state index in [4.69, 9.17) is 24.4 Å². The monoisotopic (exact) mass is 512 g/mol. The van der Waals surface area contributed by atoms with Crippen molar-refractivity contribution >= 4 is 26.1 Å². The topological polar surface area (TPSA) is 63.9 Å². The minimum absolute atomic E-state index is 0.0142. The Morgan fingerprint density at radius 3 is 2.60 bits per heavy atom. The highest BCUT2D eigenvalue weighted by atomic mass is 35.5. The van der Waals surface area contributed by atoms with Gasteiger partial charge in [0.15, 0.2) is 0 Å². The Bertz CT molecular complexity index is 1060. The number of unbranched alkanes of at least 4 members (excludes halogenated alkanes) is 1. The SMILES string of the molecule is [B]OC=NCC(O)(c1cc(C2(C)CC(OCCCC)C2)cc(-c2ccc(F)c(Cl)c2)n1)C(F)(F)F. The average molecular weight is 513 g/mol. The van der Waals surface area contributed by atoms with E-state index in [1.54, 1.807) is 6.07 Å². The van der Waals surface area contributed by atoms with E-state index in [2.05, 4.69) is 21.6 Å². The maximum atomic E-state index is 14.1. The van der Waals surface area contributed by atoms with Crippen molar-refractivity contribution in [2.45, 2.75) is 62.8 Å². The van der Waals surface area contributed by atoms with Gasteiger partial charge in [-0.25, -0.2) is 9.37 Å². The number of aromatic nitrogens is 1. The fraction of sp³-hybridized carbons (Fsp3) is 0.500. The lowest BCUT2D eigenvalue weighted by Crippen LogP contribution is -2.47. The van der Waals surface area contributed by atoms with E-state index in [-0.39, 0.29) is 16.8 Å². The second kappa shape index (κ2) is 10.8. The van der Waals surface area contributed by atoms with Gasteiger partial charge in [0.05, 0.1) is 29.1 Å². The fourth-order valence-corrected chi connectivity index (χ4v) is 4.30. The maximum Gasteiger partial charge on any atom is 0.424 e. The minimum atomic E-state index is -5.12. The Morgan fingerprint density at radius 1 is 1.29 bits per heavy atom. The summed E-state index contributed by atoms with van der Waals surface area (Å²) < 4.78 is 66.0. The van der Waals surface area contributed by atoms with Crippen LogP contribution in [0, 0.1) is 5.82 Å². The van der Waals surface area contributed by atoms with Gasteiger partial charge >= 0.3 is 14.2 Å². The molecule has 1 fully saturated rings. The number of hydrogen-bond donors (Lipinski definition) is 1. The molecule has 0 amide bonds. The van der Waals surface area contributed by atoms with Crippen LogP contribution in [0.5, 0.6) is 0 Å². The number of halogens is 5. The molecule has 0 aliphatic heterocycles. The number of aliphatic imine (C=N–C) groups is 1. The van der Waals surface area contributed by atoms with E-state index in [0.717, 1.165) is 18.9 Å². The summed E-state index contributed by atoms with van der Waals surface area (Å²) in [5.74, 6) is -0.673. The Balaban J connectivity index is 2.08. The molecule has 35 heavy (non-hydrogen) atoms. The van der Waals surface area contributed by atoms with Crippen molar-refractivity contribution < 1.29 is 32.1 Å². The average Bonchev–Trinajstić information content (AvgIpc) is 2.78. The Hall–Kier alpha value is -2.17. The van der Waals surface area contributed by atoms with Gasteiger partial charge in [0.25, 0.3) is 0 Å². The van der Waals surface area contributed by atoms with Crippen molar-refractivity contribution in [3.63, 3.8) is 0 Å². The zero-order valence-corrected chi connectivity index (χ0v) is 20.2. The third kappa shape index (κ3) is 5.98. The van der Waals surface area contributed by atoms with Crippen LogP contribution >= 0.6 is 11.6 Å². The third-order valence-corrected chi connectivity index (χ3v) is 6.58. The predicted molar refractivity (Wildman–Crippen MR) is 126 cm³/mol. The lowest BCUT2D eigenvalue weighted by atomic mass is 9.63. The number of alkyl halides is 3. The molecule has 0 bridgehead atoms. The Kier molecular flexibility index (Phi) is 8.50. The van der Waals surface area contributed by atoms with Crippen LogP contribution in [0.3, 0.4) is 0 Å². The van der Waals surface area contributed by atoms with Gasteiger partial charge in [0, 0.05) is 12.2 Å². The second-order valence-electron chi connectivity index (χ2n) is 9.01. The first-order valence-corrected chi connectivity index (χ1v) is 11.5. The van der Waals surface area contributed by atoms with Gasteiger partial charge in [-0.2, -0.15) is 13.2 Å². The van der Waals surface area contributed by atoms with Gasteiger partial charge in [-0.15, -0.1) is 0 Å². The van der Waals surface area contributed by atoms with Gasteiger partial charge in [-0.3, -0.25) is 4.99 Å². The number of hydrogen-bond acceptors (Lipinski definition) is 5. The molecule has 1 aliphatic carbocycles. The minimum Gasteiger partial charge on any atom is -0.560 e. The highest BCUT2D eigenvalue weighted by molar-refractivity contribution is 6.31. The van der Waals surface area contributed by atoms with Crippen LogP contribution in [-0.4, -0.2) is 50.0 Å². The van der Waals surface area contributed by atoms with E-state index in [1.165, 1.54) is 18.2 Å². The molecule has 188 valence electrons. The van der Waals surface area contributed by atoms with Crippen LogP contribution in [0.15, 0.2) is 35.3 Å². The highest BCUT2D eigenvalue weighted by Gasteiger charge is 2.57. The van der Waals surface area contributed by atoms with Crippen LogP contribution in [0.1, 0.15) is 50.8 Å². The quantitative estimate of drug-likeness (QED) is 0.147. The Labute approximate surface area is 208 Å². The molecule has 0 saturated heterocycles. The van der Waals surface area contributed by atoms with E-state index in [0.29, 0.717) is 37.0 Å². The largest absolute Gasteiger partial charge is 0.560 e. The lowest BCUT2D eigenvalue weighted by molar-refractivity contribution is -0.263. The molecule has 0 spiro atoms. The zero-order valence-electron chi connectivity index (χ0n) is 19.4. The number of aliphatic hydroxyl groups is 1. The van der Waals surface area contributed by atoms with E-state index < -0.39 is 35.2 Å². The molecule has 1 saturated carbocycles. The van der Waals surface area contributed by atoms with Crippen LogP contribution < -0.4 is 0 Å². The molecule has 1 atom stereocenters. The molecule has 3 rings (SSSR count). The molecule has 2 radical (unpaired) electrons. The number of rotatable bonds is 10. The van der Waals surface area contributed by atoms with Gasteiger partial charge in [-0.05, 0) is 60.6 Å². The summed E-state index contributed by atoms with van der Waals surface area (Å²) in [4.78, 5) is 7.55. The molecule has 1 aliphatic rings. The summed E-state index contributed by atoms with van der Waals surface area (Å²) in [5, 5.41) is 10.6. The smallest absolute Gasteiger partial charge is 0.424 e. The second-order valence-corrected chi connectivity index (χ2v) is 9.42. The Morgan fingerprint density at radius 2 is 2.00 bits per heavy atom. The number of ether oxygens (including phenoxy) is 1. The van der Waals surface area contributed by atoms with Crippen LogP contribution in [0.2, 0.25) is 5.02 Å². The van der Waals surface area contributed by atoms with Crippen molar-refractivity contribution in [2.75, 3.05) is 13.2 Å². The van der Waals surface area contributed by atoms with Crippen molar-refractivity contribution in [3.8, 4) is 11.3 Å². The van der Waals surface area contributed by atoms with Crippen molar-refractivity contribution in [1.82, 2.24) is 4.98 Å². The standard InChI is InChI=1S/C24H26BClF4N2O3/c1-3-4-7-34-17-11-22(2,12-17)16-9-20(15-5-6-19(27)18(26)8-15)32-21(10-16)23(33,24(28,29)30)13-31-14-35-25/h5-6,8-10,14,17,33H,3-4,7,11-13H2,1-2H3. The number of nitrogens with zero attached hydrogens (tertiary/aromatic N) is 2. The summed E-state index contributed by atoms with van der Waals surface area (Å²) in [6, 6.07) is 6.62. The number of benzene rings is 1. The summed E-state index contributed by atoms with van der Waals surface area (Å²) in [5.41, 5.74) is -3.63. The normalized spacial score (nSPS) is 22.1. The molecule has 11 heteroatoms. The molecule has 1 aromatic carbocycles. The predicted octanol–water partition coefficient (Wildman–Crippen LogP) is 5.66. The highest BCUT2D eigenvalue weighted by Crippen LogP contribution is 2.48. The molecule has 1 aromatic heterocycles. The number of pyridine rings is 1. The van der Waals surface area contributed by atoms with Gasteiger partial charge in [0.2, 0.25) is 5.60 Å². The van der Waals surface area contributed by atoms with Crippen LogP contribution in [0.25, 0.3) is 11.3 Å². The molecular formula is C24H26BClF4N2O3. The van der Waals surface area contributed by atoms with Gasteiger partial charge < -0.3 is 14.5 Å². The fourth-order valence-electron chi connectivity index (χ4n) is 4.12. The molecule has 5 nitrogen and oxygen atoms in total. The molecule has 2 aromatic rings. The van der Waals surface area contributed by atoms with E-state index >= 15 is 0 Å². The van der Waals surface area contributed by atoms with Crippen molar-refractivity contribution in [1.29, 1.82) is 0 Å². The summed E-state index contributed by atoms with van der Waals surface area (Å²) in [7, 11) is 4.81. The van der Waals surface area contributed by atoms with Crippen molar-refractivity contribution in [3.05, 3.63) is 52.4 Å². The maximum absolute atomic E-state index is 14.1. The summed E-state index contributed by atoms with van der Waals surface area (Å²) >= 11 is 5.90. The molecular weight excluding hydrogens is 487 g/mol. The summed E-state index contributed by atoms with van der Waals surface area (Å²) in [6.07, 6.45) is -1.43. The first-order chi connectivity index (χ1) is 16.4. The van der Waals surface area contributed by atoms with Gasteiger partial charge in [0.1, 0.15) is 12.2 Å². The first kappa shape index (κ1) is 27.4. The third-order valence-electron chi connectivity index (χ3n) is 6.29. The van der Waals surface area contributed by atoms with E-state index in [9.17, 15) is 22.7 Å². The first-order valence-electron chi connectivity index (χ1n) is 11.2. The van der Waals surface area contributed by atoms with Gasteiger partial charge in [-0.1, -0.05) is 31.9 Å².